The van der Waals surface area contributed by atoms with E-state index in [9.17, 15) is 4.79 Å². The maximum atomic E-state index is 12.4. The topological polar surface area (TPSA) is 96.2 Å². The summed E-state index contributed by atoms with van der Waals surface area (Å²) in [5, 5.41) is 18.8. The maximum absolute atomic E-state index is 12.4. The fraction of sp³-hybridized carbons (Fsp3) is 0.826. The lowest BCUT2D eigenvalue weighted by Gasteiger charge is -2.30. The van der Waals surface area contributed by atoms with Gasteiger partial charge in [0.2, 0.25) is 5.91 Å². The number of rotatable bonds is 8. The van der Waals surface area contributed by atoms with Crippen LogP contribution in [0.25, 0.3) is 0 Å². The van der Waals surface area contributed by atoms with Crippen LogP contribution >= 0.6 is 0 Å². The van der Waals surface area contributed by atoms with E-state index in [2.05, 4.69) is 37.6 Å². The molecule has 2 aliphatic rings. The molecule has 8 nitrogen and oxygen atoms in total. The van der Waals surface area contributed by atoms with Crippen molar-refractivity contribution in [3.8, 4) is 0 Å². The summed E-state index contributed by atoms with van der Waals surface area (Å²) in [6, 6.07) is 0.488. The summed E-state index contributed by atoms with van der Waals surface area (Å²) >= 11 is 0. The number of carbonyl (C=O) groups is 1. The van der Waals surface area contributed by atoms with Crippen LogP contribution in [0.15, 0.2) is 4.99 Å². The average Bonchev–Trinajstić information content (AvgIpc) is 2.97. The third kappa shape index (κ3) is 7.21. The van der Waals surface area contributed by atoms with Crippen molar-refractivity contribution >= 4 is 11.9 Å². The Balaban J connectivity index is 1.48. The van der Waals surface area contributed by atoms with Crippen molar-refractivity contribution in [1.82, 2.24) is 30.7 Å². The van der Waals surface area contributed by atoms with Crippen molar-refractivity contribution in [2.45, 2.75) is 104 Å². The zero-order valence-electron chi connectivity index (χ0n) is 19.6. The molecule has 0 bridgehead atoms. The van der Waals surface area contributed by atoms with Gasteiger partial charge in [-0.25, -0.2) is 0 Å². The van der Waals surface area contributed by atoms with E-state index >= 15 is 0 Å². The second kappa shape index (κ2) is 12.1. The van der Waals surface area contributed by atoms with Gasteiger partial charge in [-0.1, -0.05) is 12.8 Å². The molecule has 1 saturated carbocycles. The number of fused-ring (bicyclic) bond motifs is 1. The van der Waals surface area contributed by atoms with Crippen LogP contribution in [0.2, 0.25) is 0 Å². The van der Waals surface area contributed by atoms with E-state index in [0.29, 0.717) is 6.04 Å². The minimum Gasteiger partial charge on any atom is -0.357 e. The maximum Gasteiger partial charge on any atom is 0.223 e. The Hall–Kier alpha value is -2.12. The molecular formula is C23H41N7O. The molecule has 1 amide bonds. The standard InChI is InChI=1S/C23H41N7O/c1-4-24-23(27-19-11-8-10-18(16-19)22(31)26-17(2)3)25-14-9-13-21-29-28-20-12-6-5-7-15-30(20)21/h17-19H,4-16H2,1-3H3,(H,26,31)(H2,24,25,27). The molecule has 1 aliphatic heterocycles. The Kier molecular flexibility index (Phi) is 9.15. The largest absolute Gasteiger partial charge is 0.357 e. The monoisotopic (exact) mass is 431 g/mol. The summed E-state index contributed by atoms with van der Waals surface area (Å²) in [5.74, 6) is 3.41. The Bertz CT molecular complexity index is 728. The number of nitrogens with one attached hydrogen (secondary N) is 3. The number of aromatic nitrogens is 3. The predicted octanol–water partition coefficient (Wildman–Crippen LogP) is 2.58. The SMILES string of the molecule is CCNC(=NCCCc1nnc2n1CCCCC2)NC1CCCC(C(=O)NC(C)C)C1. The quantitative estimate of drug-likeness (QED) is 0.334. The third-order valence-corrected chi connectivity index (χ3v) is 6.18. The number of hydrogen-bond acceptors (Lipinski definition) is 4. The Morgan fingerprint density at radius 1 is 1.19 bits per heavy atom. The molecule has 3 N–H and O–H groups in total. The van der Waals surface area contributed by atoms with Crippen molar-refractivity contribution in [2.75, 3.05) is 13.1 Å². The summed E-state index contributed by atoms with van der Waals surface area (Å²) in [4.78, 5) is 17.2. The summed E-state index contributed by atoms with van der Waals surface area (Å²) in [6.45, 7) is 8.75. The minimum atomic E-state index is 0.0970. The van der Waals surface area contributed by atoms with Crippen molar-refractivity contribution < 1.29 is 4.79 Å². The molecule has 2 unspecified atom stereocenters. The highest BCUT2D eigenvalue weighted by molar-refractivity contribution is 5.81. The molecule has 0 radical (unpaired) electrons. The van der Waals surface area contributed by atoms with Gasteiger partial charge in [0.15, 0.2) is 5.96 Å². The van der Waals surface area contributed by atoms with Gasteiger partial charge in [0.1, 0.15) is 11.6 Å². The number of aryl methyl sites for hydroxylation is 2. The molecular weight excluding hydrogens is 390 g/mol. The number of guanidine groups is 1. The highest BCUT2D eigenvalue weighted by atomic mass is 16.1. The molecule has 1 aromatic heterocycles. The predicted molar refractivity (Wildman–Crippen MR) is 124 cm³/mol. The van der Waals surface area contributed by atoms with E-state index < -0.39 is 0 Å². The minimum absolute atomic E-state index is 0.0970. The van der Waals surface area contributed by atoms with Gasteiger partial charge in [0, 0.05) is 50.5 Å². The molecule has 0 aromatic carbocycles. The number of nitrogens with zero attached hydrogens (tertiary/aromatic N) is 4. The van der Waals surface area contributed by atoms with Crippen molar-refractivity contribution in [3.63, 3.8) is 0 Å². The molecule has 1 fully saturated rings. The zero-order chi connectivity index (χ0) is 22.1. The van der Waals surface area contributed by atoms with E-state index in [-0.39, 0.29) is 17.9 Å². The number of carbonyl (C=O) groups excluding carboxylic acids is 1. The molecule has 0 saturated heterocycles. The molecule has 8 heteroatoms. The first-order chi connectivity index (χ1) is 15.1. The molecule has 1 aliphatic carbocycles. The van der Waals surface area contributed by atoms with E-state index in [1.807, 2.05) is 13.8 Å². The summed E-state index contributed by atoms with van der Waals surface area (Å²) < 4.78 is 2.32. The highest BCUT2D eigenvalue weighted by Gasteiger charge is 2.28. The fourth-order valence-corrected chi connectivity index (χ4v) is 4.63. The molecule has 0 spiro atoms. The average molecular weight is 432 g/mol. The van der Waals surface area contributed by atoms with Gasteiger partial charge >= 0.3 is 0 Å². The molecule has 3 rings (SSSR count). The van der Waals surface area contributed by atoms with Crippen LogP contribution in [0.3, 0.4) is 0 Å². The van der Waals surface area contributed by atoms with Gasteiger partial charge in [-0.2, -0.15) is 0 Å². The molecule has 2 atom stereocenters. The van der Waals surface area contributed by atoms with Crippen molar-refractivity contribution in [3.05, 3.63) is 11.6 Å². The van der Waals surface area contributed by atoms with Crippen LogP contribution in [0.5, 0.6) is 0 Å². The summed E-state index contributed by atoms with van der Waals surface area (Å²) in [6.07, 6.45) is 10.7. The first kappa shape index (κ1) is 23.5. The fourth-order valence-electron chi connectivity index (χ4n) is 4.63. The summed E-state index contributed by atoms with van der Waals surface area (Å²) in [5.41, 5.74) is 0. The smallest absolute Gasteiger partial charge is 0.223 e. The molecule has 2 heterocycles. The van der Waals surface area contributed by atoms with Crippen LogP contribution < -0.4 is 16.0 Å². The molecule has 1 aromatic rings. The van der Waals surface area contributed by atoms with E-state index in [1.54, 1.807) is 0 Å². The summed E-state index contributed by atoms with van der Waals surface area (Å²) in [7, 11) is 0. The molecule has 31 heavy (non-hydrogen) atoms. The van der Waals surface area contributed by atoms with Crippen LogP contribution in [-0.4, -0.2) is 51.8 Å². The zero-order valence-corrected chi connectivity index (χ0v) is 19.6. The Morgan fingerprint density at radius 3 is 2.87 bits per heavy atom. The van der Waals surface area contributed by atoms with Crippen LogP contribution in [0, 0.1) is 5.92 Å². The van der Waals surface area contributed by atoms with E-state index in [0.717, 1.165) is 82.2 Å². The van der Waals surface area contributed by atoms with Gasteiger partial charge < -0.3 is 20.5 Å². The van der Waals surface area contributed by atoms with E-state index in [1.165, 1.54) is 19.3 Å². The highest BCUT2D eigenvalue weighted by Crippen LogP contribution is 2.24. The Labute approximate surface area is 187 Å². The first-order valence-corrected chi connectivity index (χ1v) is 12.3. The van der Waals surface area contributed by atoms with Gasteiger partial charge in [0.25, 0.3) is 0 Å². The Morgan fingerprint density at radius 2 is 2.06 bits per heavy atom. The lowest BCUT2D eigenvalue weighted by atomic mass is 9.85. The van der Waals surface area contributed by atoms with Gasteiger partial charge in [-0.3, -0.25) is 9.79 Å². The van der Waals surface area contributed by atoms with Crippen molar-refractivity contribution in [2.24, 2.45) is 10.9 Å². The van der Waals surface area contributed by atoms with Crippen LogP contribution in [0.4, 0.5) is 0 Å². The van der Waals surface area contributed by atoms with Crippen molar-refractivity contribution in [1.29, 1.82) is 0 Å². The molecule has 174 valence electrons. The second-order valence-electron chi connectivity index (χ2n) is 9.23. The third-order valence-electron chi connectivity index (χ3n) is 6.18. The lowest BCUT2D eigenvalue weighted by molar-refractivity contribution is -0.126. The van der Waals surface area contributed by atoms with Gasteiger partial charge in [-0.15, -0.1) is 10.2 Å². The first-order valence-electron chi connectivity index (χ1n) is 12.3. The number of aliphatic imine (C=N–C) groups is 1. The number of amides is 1. The normalized spacial score (nSPS) is 22.0. The van der Waals surface area contributed by atoms with Gasteiger partial charge in [-0.05, 0) is 59.3 Å². The lowest BCUT2D eigenvalue weighted by Crippen LogP contribution is -2.47. The van der Waals surface area contributed by atoms with Crippen LogP contribution in [0.1, 0.15) is 83.8 Å². The van der Waals surface area contributed by atoms with Gasteiger partial charge in [0.05, 0.1) is 0 Å². The second-order valence-corrected chi connectivity index (χ2v) is 9.23. The van der Waals surface area contributed by atoms with E-state index in [4.69, 9.17) is 4.99 Å². The number of hydrogen-bond donors (Lipinski definition) is 3. The van der Waals surface area contributed by atoms with Crippen LogP contribution in [-0.2, 0) is 24.2 Å².